The molecule has 0 radical (unpaired) electrons. The first-order valence-corrected chi connectivity index (χ1v) is 8.46. The van der Waals surface area contributed by atoms with Gasteiger partial charge in [-0.15, -0.1) is 0 Å². The summed E-state index contributed by atoms with van der Waals surface area (Å²) >= 11 is 6.06. The van der Waals surface area contributed by atoms with Gasteiger partial charge in [-0.05, 0) is 19.1 Å². The van der Waals surface area contributed by atoms with Crippen molar-refractivity contribution in [3.05, 3.63) is 65.5 Å². The predicted molar refractivity (Wildman–Crippen MR) is 97.8 cm³/mol. The topological polar surface area (TPSA) is 68.5 Å². The standard InChI is InChI=1S/C19H18ClN3O3/c1-13(25-16-11-7-6-10-15(16)20)19(24)23(2)12-17-21-18(22-26-17)14-8-4-3-5-9-14/h3-11,13H,12H2,1-2H3. The number of carbonyl (C=O) groups excluding carboxylic acids is 1. The highest BCUT2D eigenvalue weighted by molar-refractivity contribution is 6.32. The van der Waals surface area contributed by atoms with Crippen molar-refractivity contribution in [3.63, 3.8) is 0 Å². The minimum atomic E-state index is -0.698. The van der Waals surface area contributed by atoms with Gasteiger partial charge in [0.2, 0.25) is 11.7 Å². The molecule has 0 aliphatic heterocycles. The largest absolute Gasteiger partial charge is 0.479 e. The van der Waals surface area contributed by atoms with Gasteiger partial charge in [0.05, 0.1) is 11.6 Å². The van der Waals surface area contributed by atoms with Crippen molar-refractivity contribution >= 4 is 17.5 Å². The molecule has 0 N–H and O–H groups in total. The molecule has 0 saturated heterocycles. The molecule has 0 aliphatic rings. The molecule has 2 aromatic carbocycles. The number of hydrogen-bond acceptors (Lipinski definition) is 5. The second kappa shape index (κ2) is 8.01. The van der Waals surface area contributed by atoms with E-state index in [1.54, 1.807) is 38.2 Å². The summed E-state index contributed by atoms with van der Waals surface area (Å²) in [5.74, 6) is 1.09. The lowest BCUT2D eigenvalue weighted by molar-refractivity contribution is -0.137. The average Bonchev–Trinajstić information content (AvgIpc) is 3.12. The Hall–Kier alpha value is -2.86. The normalized spacial score (nSPS) is 11.8. The van der Waals surface area contributed by atoms with Gasteiger partial charge < -0.3 is 14.2 Å². The molecule has 0 fully saturated rings. The van der Waals surface area contributed by atoms with Crippen molar-refractivity contribution in [1.82, 2.24) is 15.0 Å². The van der Waals surface area contributed by atoms with Gasteiger partial charge in [0, 0.05) is 12.6 Å². The molecule has 0 saturated carbocycles. The van der Waals surface area contributed by atoms with Crippen LogP contribution in [0.5, 0.6) is 5.75 Å². The summed E-state index contributed by atoms with van der Waals surface area (Å²) in [4.78, 5) is 18.3. The SMILES string of the molecule is CC(Oc1ccccc1Cl)C(=O)N(C)Cc1nc(-c2ccccc2)no1. The van der Waals surface area contributed by atoms with Crippen LogP contribution in [0.15, 0.2) is 59.1 Å². The zero-order valence-electron chi connectivity index (χ0n) is 14.4. The summed E-state index contributed by atoms with van der Waals surface area (Å²) < 4.78 is 10.9. The predicted octanol–water partition coefficient (Wildman–Crippen LogP) is 3.82. The molecule has 3 aromatic rings. The minimum Gasteiger partial charge on any atom is -0.479 e. The van der Waals surface area contributed by atoms with Crippen molar-refractivity contribution in [3.8, 4) is 17.1 Å². The van der Waals surface area contributed by atoms with Crippen molar-refractivity contribution in [2.24, 2.45) is 0 Å². The summed E-state index contributed by atoms with van der Waals surface area (Å²) in [5.41, 5.74) is 0.854. The van der Waals surface area contributed by atoms with Crippen LogP contribution in [0.2, 0.25) is 5.02 Å². The molecule has 1 amide bonds. The number of rotatable bonds is 6. The first-order valence-electron chi connectivity index (χ1n) is 8.09. The van der Waals surface area contributed by atoms with Gasteiger partial charge in [0.25, 0.3) is 5.91 Å². The van der Waals surface area contributed by atoms with E-state index in [0.29, 0.717) is 22.5 Å². The third-order valence-electron chi connectivity index (χ3n) is 3.74. The molecular weight excluding hydrogens is 354 g/mol. The Morgan fingerprint density at radius 3 is 2.62 bits per heavy atom. The molecule has 6 nitrogen and oxygen atoms in total. The number of amides is 1. The molecule has 0 bridgehead atoms. The smallest absolute Gasteiger partial charge is 0.263 e. The second-order valence-corrected chi connectivity index (χ2v) is 6.17. The van der Waals surface area contributed by atoms with Crippen LogP contribution in [0, 0.1) is 0 Å². The van der Waals surface area contributed by atoms with E-state index in [1.165, 1.54) is 4.90 Å². The molecule has 1 heterocycles. The molecule has 3 rings (SSSR count). The fourth-order valence-corrected chi connectivity index (χ4v) is 2.58. The minimum absolute atomic E-state index is 0.189. The number of halogens is 1. The van der Waals surface area contributed by atoms with Crippen molar-refractivity contribution in [2.75, 3.05) is 7.05 Å². The van der Waals surface area contributed by atoms with Gasteiger partial charge >= 0.3 is 0 Å². The number of ether oxygens (including phenoxy) is 1. The highest BCUT2D eigenvalue weighted by Gasteiger charge is 2.22. The lowest BCUT2D eigenvalue weighted by Gasteiger charge is -2.21. The van der Waals surface area contributed by atoms with E-state index >= 15 is 0 Å². The second-order valence-electron chi connectivity index (χ2n) is 5.76. The van der Waals surface area contributed by atoms with Crippen LogP contribution in [-0.2, 0) is 11.3 Å². The maximum Gasteiger partial charge on any atom is 0.263 e. The van der Waals surface area contributed by atoms with Crippen LogP contribution in [0.3, 0.4) is 0 Å². The highest BCUT2D eigenvalue weighted by Crippen LogP contribution is 2.24. The Kier molecular flexibility index (Phi) is 5.53. The summed E-state index contributed by atoms with van der Waals surface area (Å²) in [7, 11) is 1.65. The Labute approximate surface area is 156 Å². The zero-order valence-corrected chi connectivity index (χ0v) is 15.2. The van der Waals surface area contributed by atoms with Gasteiger partial charge in [-0.2, -0.15) is 4.98 Å². The van der Waals surface area contributed by atoms with Gasteiger partial charge in [0.1, 0.15) is 5.75 Å². The Morgan fingerprint density at radius 1 is 1.19 bits per heavy atom. The average molecular weight is 372 g/mol. The van der Waals surface area contributed by atoms with Crippen LogP contribution in [0.1, 0.15) is 12.8 Å². The van der Waals surface area contributed by atoms with E-state index in [0.717, 1.165) is 5.56 Å². The third-order valence-corrected chi connectivity index (χ3v) is 4.05. The summed E-state index contributed by atoms with van der Waals surface area (Å²) in [6.45, 7) is 1.86. The molecule has 0 aliphatic carbocycles. The Morgan fingerprint density at radius 2 is 1.88 bits per heavy atom. The number of carbonyl (C=O) groups is 1. The molecular formula is C19H18ClN3O3. The number of para-hydroxylation sites is 1. The molecule has 26 heavy (non-hydrogen) atoms. The molecule has 1 atom stereocenters. The molecule has 134 valence electrons. The number of likely N-dealkylation sites (N-methyl/N-ethyl adjacent to an activating group) is 1. The quantitative estimate of drug-likeness (QED) is 0.659. The zero-order chi connectivity index (χ0) is 18.5. The van der Waals surface area contributed by atoms with Crippen molar-refractivity contribution in [1.29, 1.82) is 0 Å². The van der Waals surface area contributed by atoms with Crippen LogP contribution < -0.4 is 4.74 Å². The van der Waals surface area contributed by atoms with Crippen LogP contribution in [0.25, 0.3) is 11.4 Å². The molecule has 7 heteroatoms. The number of nitrogens with zero attached hydrogens (tertiary/aromatic N) is 3. The van der Waals surface area contributed by atoms with E-state index in [1.807, 2.05) is 30.3 Å². The van der Waals surface area contributed by atoms with Gasteiger partial charge in [-0.3, -0.25) is 4.79 Å². The first kappa shape index (κ1) is 17.9. The molecule has 0 spiro atoms. The van der Waals surface area contributed by atoms with E-state index in [-0.39, 0.29) is 12.5 Å². The number of aromatic nitrogens is 2. The summed E-state index contributed by atoms with van der Waals surface area (Å²) in [6, 6.07) is 16.5. The fraction of sp³-hybridized carbons (Fsp3) is 0.211. The summed E-state index contributed by atoms with van der Waals surface area (Å²) in [6.07, 6.45) is -0.698. The monoisotopic (exact) mass is 371 g/mol. The Bertz CT molecular complexity index is 883. The van der Waals surface area contributed by atoms with Crippen molar-refractivity contribution < 1.29 is 14.1 Å². The van der Waals surface area contributed by atoms with E-state index in [4.69, 9.17) is 20.9 Å². The van der Waals surface area contributed by atoms with E-state index in [9.17, 15) is 4.79 Å². The van der Waals surface area contributed by atoms with Gasteiger partial charge in [-0.25, -0.2) is 0 Å². The number of hydrogen-bond donors (Lipinski definition) is 0. The van der Waals surface area contributed by atoms with Gasteiger partial charge in [-0.1, -0.05) is 59.2 Å². The maximum absolute atomic E-state index is 12.5. The molecule has 1 unspecified atom stereocenters. The van der Waals surface area contributed by atoms with Crippen LogP contribution in [0.4, 0.5) is 0 Å². The van der Waals surface area contributed by atoms with Crippen molar-refractivity contribution in [2.45, 2.75) is 19.6 Å². The number of benzene rings is 2. The Balaban J connectivity index is 1.62. The van der Waals surface area contributed by atoms with Crippen LogP contribution in [-0.4, -0.2) is 34.1 Å². The lowest BCUT2D eigenvalue weighted by atomic mass is 10.2. The van der Waals surface area contributed by atoms with E-state index < -0.39 is 6.10 Å². The fourth-order valence-electron chi connectivity index (χ4n) is 2.40. The lowest BCUT2D eigenvalue weighted by Crippen LogP contribution is -2.37. The van der Waals surface area contributed by atoms with E-state index in [2.05, 4.69) is 10.1 Å². The third kappa shape index (κ3) is 4.21. The summed E-state index contributed by atoms with van der Waals surface area (Å²) in [5, 5.41) is 4.41. The highest BCUT2D eigenvalue weighted by atomic mass is 35.5. The maximum atomic E-state index is 12.5. The van der Waals surface area contributed by atoms with Crippen LogP contribution >= 0.6 is 11.6 Å². The molecule has 1 aromatic heterocycles. The van der Waals surface area contributed by atoms with Gasteiger partial charge in [0.15, 0.2) is 6.10 Å². The first-order chi connectivity index (χ1) is 12.5.